The van der Waals surface area contributed by atoms with Crippen LogP contribution in [0.2, 0.25) is 0 Å². The van der Waals surface area contributed by atoms with Crippen molar-refractivity contribution >= 4 is 0 Å². The zero-order valence-corrected chi connectivity index (χ0v) is 25.2. The normalized spacial score (nSPS) is 11.6. The molecule has 0 aromatic carbocycles. The molecule has 0 saturated heterocycles. The van der Waals surface area contributed by atoms with Gasteiger partial charge in [-0.15, -0.1) is 0 Å². The van der Waals surface area contributed by atoms with Crippen molar-refractivity contribution in [1.82, 2.24) is 0 Å². The highest BCUT2D eigenvalue weighted by molar-refractivity contribution is 4.51. The summed E-state index contributed by atoms with van der Waals surface area (Å²) in [7, 11) is 2.50. The van der Waals surface area contributed by atoms with Crippen LogP contribution < -0.4 is 17.0 Å². The Balaban J connectivity index is 0. The third-order valence-electron chi connectivity index (χ3n) is 7.23. The van der Waals surface area contributed by atoms with Gasteiger partial charge in [0.25, 0.3) is 0 Å². The van der Waals surface area contributed by atoms with Crippen LogP contribution in [0.3, 0.4) is 0 Å². The van der Waals surface area contributed by atoms with Gasteiger partial charge in [-0.05, 0) is 32.1 Å². The van der Waals surface area contributed by atoms with E-state index >= 15 is 0 Å². The van der Waals surface area contributed by atoms with Crippen LogP contribution in [0.5, 0.6) is 0 Å². The van der Waals surface area contributed by atoms with Crippen LogP contribution >= 0.6 is 0 Å². The van der Waals surface area contributed by atoms with Crippen LogP contribution in [0.1, 0.15) is 156 Å². The molecule has 0 aliphatic rings. The van der Waals surface area contributed by atoms with Crippen LogP contribution in [0.4, 0.5) is 0 Å². The second-order valence-corrected chi connectivity index (χ2v) is 10.8. The fourth-order valence-electron chi connectivity index (χ4n) is 4.83. The third kappa shape index (κ3) is 26.8. The molecule has 0 aromatic rings. The van der Waals surface area contributed by atoms with Crippen molar-refractivity contribution in [2.24, 2.45) is 0 Å². The maximum atomic E-state index is 5.86. The Morgan fingerprint density at radius 3 is 1.06 bits per heavy atom. The first-order chi connectivity index (χ1) is 15.7. The zero-order chi connectivity index (χ0) is 23.6. The molecule has 3 heteroatoms. The van der Waals surface area contributed by atoms with E-state index in [0.29, 0.717) is 0 Å². The van der Waals surface area contributed by atoms with Gasteiger partial charge in [-0.25, -0.2) is 0 Å². The molecule has 0 unspecified atom stereocenters. The first-order valence-electron chi connectivity index (χ1n) is 15.1. The van der Waals surface area contributed by atoms with Gasteiger partial charge in [0.15, 0.2) is 0 Å². The summed E-state index contributed by atoms with van der Waals surface area (Å²) >= 11 is 0. The summed E-state index contributed by atoms with van der Waals surface area (Å²) in [6.45, 7) is 12.6. The lowest BCUT2D eigenvalue weighted by atomic mass is 10.1. The van der Waals surface area contributed by atoms with E-state index in [9.17, 15) is 0 Å². The second-order valence-electron chi connectivity index (χ2n) is 10.8. The van der Waals surface area contributed by atoms with E-state index in [1.54, 1.807) is 0 Å². The molecule has 0 heterocycles. The minimum atomic E-state index is 0. The number of quaternary nitrogens is 1. The van der Waals surface area contributed by atoms with Gasteiger partial charge in [-0.3, -0.25) is 0 Å². The Labute approximate surface area is 221 Å². The van der Waals surface area contributed by atoms with Crippen LogP contribution in [-0.4, -0.2) is 44.4 Å². The lowest BCUT2D eigenvalue weighted by molar-refractivity contribution is -0.910. The summed E-state index contributed by atoms with van der Waals surface area (Å²) in [5, 5.41) is 0. The fourth-order valence-corrected chi connectivity index (χ4v) is 4.83. The molecule has 2 nitrogen and oxygen atoms in total. The van der Waals surface area contributed by atoms with Gasteiger partial charge < -0.3 is 26.2 Å². The van der Waals surface area contributed by atoms with Crippen LogP contribution in [0.15, 0.2) is 0 Å². The van der Waals surface area contributed by atoms with E-state index in [0.717, 1.165) is 19.6 Å². The zero-order valence-electron chi connectivity index (χ0n) is 23.6. The lowest BCUT2D eigenvalue weighted by Gasteiger charge is -2.35. The van der Waals surface area contributed by atoms with Gasteiger partial charge in [0.1, 0.15) is 6.54 Å². The summed E-state index contributed by atoms with van der Waals surface area (Å²) < 4.78 is 7.10. The standard InChI is InChI=1S/C30H64NO.BrH/c1-5-8-10-12-14-16-18-20-22-24-26-31(4,28-30-32-29-7-3)27-25-23-21-19-17-15-13-11-9-6-2;/h5-30H2,1-4H3;1H/q+1;/p-1. The highest BCUT2D eigenvalue weighted by Gasteiger charge is 2.20. The van der Waals surface area contributed by atoms with Gasteiger partial charge in [-0.2, -0.15) is 0 Å². The van der Waals surface area contributed by atoms with Gasteiger partial charge in [0.05, 0.1) is 26.7 Å². The summed E-state index contributed by atoms with van der Waals surface area (Å²) in [6.07, 6.45) is 29.8. The molecular weight excluding hydrogens is 470 g/mol. The average molecular weight is 535 g/mol. The first kappa shape index (κ1) is 35.6. The molecule has 0 N–H and O–H groups in total. The van der Waals surface area contributed by atoms with E-state index in [1.165, 1.54) is 153 Å². The van der Waals surface area contributed by atoms with Crippen molar-refractivity contribution in [2.75, 3.05) is 39.9 Å². The van der Waals surface area contributed by atoms with Crippen molar-refractivity contribution in [3.63, 3.8) is 0 Å². The Kier molecular flexibility index (Phi) is 30.9. The molecule has 0 amide bonds. The summed E-state index contributed by atoms with van der Waals surface area (Å²) in [5.74, 6) is 0. The monoisotopic (exact) mass is 533 g/mol. The highest BCUT2D eigenvalue weighted by atomic mass is 79.9. The Hall–Kier alpha value is 0.400. The van der Waals surface area contributed by atoms with E-state index < -0.39 is 0 Å². The first-order valence-corrected chi connectivity index (χ1v) is 15.1. The molecule has 0 saturated carbocycles. The maximum absolute atomic E-state index is 5.86. The smallest absolute Gasteiger partial charge is 0.102 e. The van der Waals surface area contributed by atoms with Crippen molar-refractivity contribution in [2.45, 2.75) is 156 Å². The highest BCUT2D eigenvalue weighted by Crippen LogP contribution is 2.15. The van der Waals surface area contributed by atoms with Crippen LogP contribution in [0, 0.1) is 0 Å². The largest absolute Gasteiger partial charge is 1.00 e. The van der Waals surface area contributed by atoms with Gasteiger partial charge in [0.2, 0.25) is 0 Å². The maximum Gasteiger partial charge on any atom is 0.102 e. The van der Waals surface area contributed by atoms with Gasteiger partial charge in [0, 0.05) is 6.61 Å². The number of nitrogens with zero attached hydrogens (tertiary/aromatic N) is 1. The number of hydrogen-bond acceptors (Lipinski definition) is 1. The minimum absolute atomic E-state index is 0. The second kappa shape index (κ2) is 28.6. The van der Waals surface area contributed by atoms with Crippen molar-refractivity contribution in [3.8, 4) is 0 Å². The predicted octanol–water partition coefficient (Wildman–Crippen LogP) is 6.71. The predicted molar refractivity (Wildman–Crippen MR) is 146 cm³/mol. The molecule has 0 atom stereocenters. The van der Waals surface area contributed by atoms with Crippen LogP contribution in [0.25, 0.3) is 0 Å². The number of unbranched alkanes of at least 4 members (excludes halogenated alkanes) is 18. The van der Waals surface area contributed by atoms with Crippen molar-refractivity contribution < 1.29 is 26.2 Å². The summed E-state index contributed by atoms with van der Waals surface area (Å²) in [6, 6.07) is 0. The molecule has 0 radical (unpaired) electrons. The molecule has 202 valence electrons. The van der Waals surface area contributed by atoms with E-state index in [2.05, 4.69) is 27.8 Å². The van der Waals surface area contributed by atoms with Crippen LogP contribution in [-0.2, 0) is 4.74 Å². The number of hydrogen-bond donors (Lipinski definition) is 0. The Morgan fingerprint density at radius 1 is 0.394 bits per heavy atom. The molecule has 0 rings (SSSR count). The van der Waals surface area contributed by atoms with E-state index in [4.69, 9.17) is 4.74 Å². The number of rotatable bonds is 27. The average Bonchev–Trinajstić information content (AvgIpc) is 2.79. The van der Waals surface area contributed by atoms with Gasteiger partial charge >= 0.3 is 0 Å². The minimum Gasteiger partial charge on any atom is -1.00 e. The number of ether oxygens (including phenoxy) is 1. The van der Waals surface area contributed by atoms with Gasteiger partial charge in [-0.1, -0.05) is 124 Å². The number of likely N-dealkylation sites (N-methyl/N-ethyl adjacent to an activating group) is 1. The SMILES string of the molecule is CCCCCCCCCCCC[N+](C)(CCCCCCCCCCCC)CCOCCC.[Br-]. The molecule has 0 aliphatic carbocycles. The molecule has 33 heavy (non-hydrogen) atoms. The quantitative estimate of drug-likeness (QED) is 0.0841. The lowest BCUT2D eigenvalue weighted by Crippen LogP contribution is -3.00. The Morgan fingerprint density at radius 2 is 0.727 bits per heavy atom. The molecule has 0 aliphatic heterocycles. The molecule has 0 aromatic heterocycles. The molecule has 0 spiro atoms. The summed E-state index contributed by atoms with van der Waals surface area (Å²) in [5.41, 5.74) is 0. The fraction of sp³-hybridized carbons (Fsp3) is 1.00. The molecular formula is C30H64BrNO. The Bertz CT molecular complexity index is 326. The third-order valence-corrected chi connectivity index (χ3v) is 7.23. The summed E-state index contributed by atoms with van der Waals surface area (Å²) in [4.78, 5) is 0. The van der Waals surface area contributed by atoms with E-state index in [1.807, 2.05) is 0 Å². The topological polar surface area (TPSA) is 9.23 Å². The van der Waals surface area contributed by atoms with E-state index in [-0.39, 0.29) is 17.0 Å². The molecule has 0 fully saturated rings. The number of halogens is 1. The van der Waals surface area contributed by atoms with Crippen molar-refractivity contribution in [3.05, 3.63) is 0 Å². The molecule has 0 bridgehead atoms. The van der Waals surface area contributed by atoms with Crippen molar-refractivity contribution in [1.29, 1.82) is 0 Å².